The summed E-state index contributed by atoms with van der Waals surface area (Å²) in [6, 6.07) is 13.2. The molecule has 7 nitrogen and oxygen atoms in total. The van der Waals surface area contributed by atoms with Crippen LogP contribution in [0.5, 0.6) is 0 Å². The molecule has 0 saturated carbocycles. The molecule has 1 amide bonds. The lowest BCUT2D eigenvalue weighted by Crippen LogP contribution is -2.42. The van der Waals surface area contributed by atoms with Crippen LogP contribution in [0.2, 0.25) is 0 Å². The molecule has 1 N–H and O–H groups in total. The Morgan fingerprint density at radius 1 is 1.07 bits per heavy atom. The number of ether oxygens (including phenoxy) is 1. The number of amides is 1. The number of hydrogen-bond acceptors (Lipinski definition) is 5. The van der Waals surface area contributed by atoms with Gasteiger partial charge in [-0.05, 0) is 37.2 Å². The van der Waals surface area contributed by atoms with Gasteiger partial charge in [-0.25, -0.2) is 12.8 Å². The van der Waals surface area contributed by atoms with Gasteiger partial charge >= 0.3 is 0 Å². The fourth-order valence-electron chi connectivity index (χ4n) is 3.21. The molecule has 30 heavy (non-hydrogen) atoms. The van der Waals surface area contributed by atoms with Gasteiger partial charge in [-0.3, -0.25) is 14.0 Å². The van der Waals surface area contributed by atoms with E-state index >= 15 is 0 Å². The molecule has 1 fully saturated rings. The molecule has 2 aromatic carbocycles. The van der Waals surface area contributed by atoms with Crippen LogP contribution in [-0.4, -0.2) is 65.2 Å². The van der Waals surface area contributed by atoms with E-state index in [1.165, 1.54) is 36.4 Å². The van der Waals surface area contributed by atoms with Gasteiger partial charge in [-0.2, -0.15) is 0 Å². The molecule has 1 heterocycles. The molecule has 0 aromatic heterocycles. The van der Waals surface area contributed by atoms with Crippen LogP contribution in [0.25, 0.3) is 0 Å². The first-order chi connectivity index (χ1) is 14.5. The van der Waals surface area contributed by atoms with Crippen molar-refractivity contribution in [2.45, 2.75) is 11.3 Å². The normalized spacial score (nSPS) is 15.0. The second-order valence-electron chi connectivity index (χ2n) is 6.93. The average Bonchev–Trinajstić information content (AvgIpc) is 2.77. The zero-order valence-electron chi connectivity index (χ0n) is 16.7. The van der Waals surface area contributed by atoms with Crippen LogP contribution in [0.3, 0.4) is 0 Å². The minimum Gasteiger partial charge on any atom is -0.379 e. The summed E-state index contributed by atoms with van der Waals surface area (Å²) in [7, 11) is -4.11. The van der Waals surface area contributed by atoms with Crippen LogP contribution in [-0.2, 0) is 19.6 Å². The van der Waals surface area contributed by atoms with E-state index in [4.69, 9.17) is 4.74 Å². The number of sulfonamides is 1. The Kier molecular flexibility index (Phi) is 7.78. The van der Waals surface area contributed by atoms with Crippen molar-refractivity contribution in [3.63, 3.8) is 0 Å². The Hall–Kier alpha value is -2.49. The second kappa shape index (κ2) is 10.5. The molecule has 0 unspecified atom stereocenters. The summed E-state index contributed by atoms with van der Waals surface area (Å²) >= 11 is 0. The number of para-hydroxylation sites is 1. The average molecular weight is 436 g/mol. The van der Waals surface area contributed by atoms with Crippen LogP contribution in [0.15, 0.2) is 59.5 Å². The molecular weight excluding hydrogens is 409 g/mol. The maximum Gasteiger partial charge on any atom is 0.264 e. The van der Waals surface area contributed by atoms with Crippen molar-refractivity contribution in [1.29, 1.82) is 0 Å². The van der Waals surface area contributed by atoms with Crippen LogP contribution in [0.4, 0.5) is 10.1 Å². The number of halogens is 1. The second-order valence-corrected chi connectivity index (χ2v) is 8.80. The molecule has 3 rings (SSSR count). The third kappa shape index (κ3) is 5.78. The van der Waals surface area contributed by atoms with E-state index in [1.807, 2.05) is 0 Å². The number of morpholine rings is 1. The zero-order valence-corrected chi connectivity index (χ0v) is 17.5. The largest absolute Gasteiger partial charge is 0.379 e. The molecule has 2 aromatic rings. The van der Waals surface area contributed by atoms with E-state index in [0.29, 0.717) is 19.8 Å². The van der Waals surface area contributed by atoms with E-state index in [-0.39, 0.29) is 10.6 Å². The first-order valence-electron chi connectivity index (χ1n) is 9.87. The molecule has 0 radical (unpaired) electrons. The molecule has 0 bridgehead atoms. The van der Waals surface area contributed by atoms with E-state index in [2.05, 4.69) is 10.2 Å². The first kappa shape index (κ1) is 22.2. The molecule has 0 spiro atoms. The highest BCUT2D eigenvalue weighted by atomic mass is 32.2. The molecule has 1 aliphatic heterocycles. The lowest BCUT2D eigenvalue weighted by Gasteiger charge is -2.26. The number of anilines is 1. The first-order valence-corrected chi connectivity index (χ1v) is 11.3. The SMILES string of the molecule is O=C(CN(c1ccccc1F)S(=O)(=O)c1ccccc1)NCCCN1CCOCC1. The molecule has 0 aliphatic carbocycles. The minimum atomic E-state index is -4.11. The smallest absolute Gasteiger partial charge is 0.264 e. The van der Waals surface area contributed by atoms with Gasteiger partial charge in [-0.15, -0.1) is 0 Å². The van der Waals surface area contributed by atoms with E-state index in [1.54, 1.807) is 18.2 Å². The van der Waals surface area contributed by atoms with Crippen molar-refractivity contribution < 1.29 is 22.3 Å². The summed E-state index contributed by atoms with van der Waals surface area (Å²) in [4.78, 5) is 14.7. The number of nitrogens with one attached hydrogen (secondary N) is 1. The Morgan fingerprint density at radius 3 is 2.43 bits per heavy atom. The number of rotatable bonds is 9. The Bertz CT molecular complexity index is 934. The number of nitrogens with zero attached hydrogens (tertiary/aromatic N) is 2. The van der Waals surface area contributed by atoms with E-state index in [0.717, 1.165) is 30.4 Å². The molecule has 162 valence electrons. The summed E-state index contributed by atoms with van der Waals surface area (Å²) < 4.78 is 46.7. The van der Waals surface area contributed by atoms with Gasteiger partial charge in [-0.1, -0.05) is 30.3 Å². The fraction of sp³-hybridized carbons (Fsp3) is 0.381. The highest BCUT2D eigenvalue weighted by Gasteiger charge is 2.28. The van der Waals surface area contributed by atoms with Gasteiger partial charge in [0.25, 0.3) is 10.0 Å². The quantitative estimate of drug-likeness (QED) is 0.609. The molecule has 9 heteroatoms. The zero-order chi connectivity index (χ0) is 21.4. The van der Waals surface area contributed by atoms with Crippen molar-refractivity contribution in [3.8, 4) is 0 Å². The Morgan fingerprint density at radius 2 is 1.73 bits per heavy atom. The van der Waals surface area contributed by atoms with Crippen LogP contribution >= 0.6 is 0 Å². The maximum atomic E-state index is 14.4. The predicted octanol–water partition coefficient (Wildman–Crippen LogP) is 1.86. The fourth-order valence-corrected chi connectivity index (χ4v) is 4.66. The summed E-state index contributed by atoms with van der Waals surface area (Å²) in [5.41, 5.74) is -0.162. The minimum absolute atomic E-state index is 0.00614. The number of benzene rings is 2. The van der Waals surface area contributed by atoms with Gasteiger partial charge in [0, 0.05) is 19.6 Å². The van der Waals surface area contributed by atoms with Crippen molar-refractivity contribution in [2.75, 3.05) is 50.2 Å². The third-order valence-electron chi connectivity index (χ3n) is 4.82. The van der Waals surface area contributed by atoms with E-state index in [9.17, 15) is 17.6 Å². The summed E-state index contributed by atoms with van der Waals surface area (Å²) in [5, 5.41) is 2.74. The van der Waals surface area contributed by atoms with Gasteiger partial charge in [0.05, 0.1) is 23.8 Å². The lowest BCUT2D eigenvalue weighted by molar-refractivity contribution is -0.119. The molecular formula is C21H26FN3O4S. The van der Waals surface area contributed by atoms with Crippen molar-refractivity contribution in [1.82, 2.24) is 10.2 Å². The highest BCUT2D eigenvalue weighted by molar-refractivity contribution is 7.92. The summed E-state index contributed by atoms with van der Waals surface area (Å²) in [6.07, 6.45) is 0.733. The Balaban J connectivity index is 1.67. The van der Waals surface area contributed by atoms with Crippen LogP contribution in [0.1, 0.15) is 6.42 Å². The van der Waals surface area contributed by atoms with Crippen molar-refractivity contribution in [2.24, 2.45) is 0 Å². The molecule has 0 atom stereocenters. The van der Waals surface area contributed by atoms with Gasteiger partial charge in [0.15, 0.2) is 0 Å². The summed E-state index contributed by atoms with van der Waals surface area (Å²) in [5.74, 6) is -1.20. The van der Waals surface area contributed by atoms with Gasteiger partial charge in [0.1, 0.15) is 12.4 Å². The molecule has 1 saturated heterocycles. The summed E-state index contributed by atoms with van der Waals surface area (Å²) in [6.45, 7) is 3.88. The standard InChI is InChI=1S/C21H26FN3O4S/c22-19-9-4-5-10-20(19)25(30(27,28)18-7-2-1-3-8-18)17-21(26)23-11-6-12-24-13-15-29-16-14-24/h1-5,7-10H,6,11-17H2,(H,23,26). The number of carbonyl (C=O) groups is 1. The number of carbonyl (C=O) groups excluding carboxylic acids is 1. The van der Waals surface area contributed by atoms with Gasteiger partial charge in [0.2, 0.25) is 5.91 Å². The van der Waals surface area contributed by atoms with Crippen LogP contribution in [0, 0.1) is 5.82 Å². The predicted molar refractivity (Wildman–Crippen MR) is 112 cm³/mol. The van der Waals surface area contributed by atoms with Crippen molar-refractivity contribution in [3.05, 3.63) is 60.4 Å². The third-order valence-corrected chi connectivity index (χ3v) is 6.59. The number of hydrogen-bond donors (Lipinski definition) is 1. The van der Waals surface area contributed by atoms with Crippen LogP contribution < -0.4 is 9.62 Å². The Labute approximate surface area is 176 Å². The van der Waals surface area contributed by atoms with Crippen molar-refractivity contribution >= 4 is 21.6 Å². The topological polar surface area (TPSA) is 79.0 Å². The lowest BCUT2D eigenvalue weighted by atomic mass is 10.3. The maximum absolute atomic E-state index is 14.4. The highest BCUT2D eigenvalue weighted by Crippen LogP contribution is 2.25. The monoisotopic (exact) mass is 435 g/mol. The van der Waals surface area contributed by atoms with E-state index < -0.39 is 28.3 Å². The van der Waals surface area contributed by atoms with Gasteiger partial charge < -0.3 is 10.1 Å². The molecule has 1 aliphatic rings.